The highest BCUT2D eigenvalue weighted by atomic mass is 16.3. The van der Waals surface area contributed by atoms with Gasteiger partial charge in [-0.15, -0.1) is 0 Å². The van der Waals surface area contributed by atoms with Crippen molar-refractivity contribution in [2.75, 3.05) is 13.2 Å². The predicted octanol–water partition coefficient (Wildman–Crippen LogP) is 1.04. The van der Waals surface area contributed by atoms with Crippen molar-refractivity contribution < 1.29 is 9.90 Å². The van der Waals surface area contributed by atoms with Gasteiger partial charge >= 0.3 is 0 Å². The standard InChI is InChI=1S/C14H26N2O2/c1-10(6-7-17)9-15-14(18)13-8-11-4-2-3-5-12(11)16-13/h10-13,16-17H,2-9H2,1H3,(H,15,18). The number of carbonyl (C=O) groups is 1. The van der Waals surface area contributed by atoms with Crippen LogP contribution >= 0.6 is 0 Å². The summed E-state index contributed by atoms with van der Waals surface area (Å²) in [4.78, 5) is 12.1. The second-order valence-electron chi connectivity index (χ2n) is 5.97. The molecule has 3 N–H and O–H groups in total. The molecular formula is C14H26N2O2. The SMILES string of the molecule is CC(CCO)CNC(=O)C1CC2CCCCC2N1. The molecule has 1 aliphatic heterocycles. The first-order valence-electron chi connectivity index (χ1n) is 7.35. The summed E-state index contributed by atoms with van der Waals surface area (Å²) in [6, 6.07) is 0.587. The third-order valence-corrected chi connectivity index (χ3v) is 4.43. The predicted molar refractivity (Wildman–Crippen MR) is 71.2 cm³/mol. The van der Waals surface area contributed by atoms with Crippen LogP contribution in [0.2, 0.25) is 0 Å². The van der Waals surface area contributed by atoms with Crippen molar-refractivity contribution >= 4 is 5.91 Å². The zero-order valence-electron chi connectivity index (χ0n) is 11.3. The van der Waals surface area contributed by atoms with Crippen molar-refractivity contribution in [1.29, 1.82) is 0 Å². The lowest BCUT2D eigenvalue weighted by Crippen LogP contribution is -2.44. The Kier molecular flexibility index (Phi) is 5.01. The van der Waals surface area contributed by atoms with E-state index in [9.17, 15) is 4.79 Å². The fourth-order valence-corrected chi connectivity index (χ4v) is 3.24. The van der Waals surface area contributed by atoms with E-state index in [4.69, 9.17) is 5.11 Å². The summed E-state index contributed by atoms with van der Waals surface area (Å²) in [6.45, 7) is 2.92. The second-order valence-corrected chi connectivity index (χ2v) is 5.97. The zero-order chi connectivity index (χ0) is 13.0. The van der Waals surface area contributed by atoms with Crippen molar-refractivity contribution in [2.45, 2.75) is 57.5 Å². The first kappa shape index (κ1) is 13.8. The van der Waals surface area contributed by atoms with Gasteiger partial charge < -0.3 is 15.7 Å². The molecule has 0 radical (unpaired) electrons. The molecule has 1 heterocycles. The molecule has 4 unspecified atom stereocenters. The lowest BCUT2D eigenvalue weighted by Gasteiger charge is -2.24. The highest BCUT2D eigenvalue weighted by Gasteiger charge is 2.37. The number of amides is 1. The number of aliphatic hydroxyl groups is 1. The van der Waals surface area contributed by atoms with Crippen molar-refractivity contribution in [3.05, 3.63) is 0 Å². The molecule has 0 aromatic heterocycles. The van der Waals surface area contributed by atoms with Gasteiger partial charge in [0.15, 0.2) is 0 Å². The topological polar surface area (TPSA) is 61.4 Å². The number of fused-ring (bicyclic) bond motifs is 1. The molecular weight excluding hydrogens is 228 g/mol. The zero-order valence-corrected chi connectivity index (χ0v) is 11.3. The third-order valence-electron chi connectivity index (χ3n) is 4.43. The van der Waals surface area contributed by atoms with Crippen molar-refractivity contribution in [1.82, 2.24) is 10.6 Å². The fraction of sp³-hybridized carbons (Fsp3) is 0.929. The van der Waals surface area contributed by atoms with Crippen molar-refractivity contribution in [3.63, 3.8) is 0 Å². The van der Waals surface area contributed by atoms with Crippen LogP contribution in [-0.2, 0) is 4.79 Å². The average molecular weight is 254 g/mol. The van der Waals surface area contributed by atoms with E-state index < -0.39 is 0 Å². The largest absolute Gasteiger partial charge is 0.396 e. The van der Waals surface area contributed by atoms with Gasteiger partial charge in [0, 0.05) is 19.2 Å². The van der Waals surface area contributed by atoms with Crippen LogP contribution in [0.15, 0.2) is 0 Å². The Hall–Kier alpha value is -0.610. The maximum Gasteiger partial charge on any atom is 0.237 e. The Labute approximate surface area is 110 Å². The van der Waals surface area contributed by atoms with Gasteiger partial charge in [0.25, 0.3) is 0 Å². The van der Waals surface area contributed by atoms with E-state index in [0.717, 1.165) is 12.8 Å². The Balaban J connectivity index is 1.73. The van der Waals surface area contributed by atoms with Crippen LogP contribution in [0.3, 0.4) is 0 Å². The molecule has 18 heavy (non-hydrogen) atoms. The fourth-order valence-electron chi connectivity index (χ4n) is 3.24. The Morgan fingerprint density at radius 3 is 2.94 bits per heavy atom. The third kappa shape index (κ3) is 3.45. The molecule has 1 aliphatic carbocycles. The summed E-state index contributed by atoms with van der Waals surface area (Å²) in [7, 11) is 0. The molecule has 4 nitrogen and oxygen atoms in total. The molecule has 0 bridgehead atoms. The van der Waals surface area contributed by atoms with E-state index >= 15 is 0 Å². The van der Waals surface area contributed by atoms with Gasteiger partial charge in [-0.25, -0.2) is 0 Å². The van der Waals surface area contributed by atoms with Crippen LogP contribution in [0.5, 0.6) is 0 Å². The Morgan fingerprint density at radius 1 is 1.44 bits per heavy atom. The van der Waals surface area contributed by atoms with Gasteiger partial charge in [-0.05, 0) is 37.5 Å². The monoisotopic (exact) mass is 254 g/mol. The van der Waals surface area contributed by atoms with E-state index in [1.54, 1.807) is 0 Å². The number of hydrogen-bond donors (Lipinski definition) is 3. The van der Waals surface area contributed by atoms with E-state index in [-0.39, 0.29) is 18.6 Å². The van der Waals surface area contributed by atoms with E-state index in [2.05, 4.69) is 17.6 Å². The molecule has 0 spiro atoms. The van der Waals surface area contributed by atoms with Crippen LogP contribution in [0, 0.1) is 11.8 Å². The summed E-state index contributed by atoms with van der Waals surface area (Å²) in [5.74, 6) is 1.21. The molecule has 0 aromatic carbocycles. The lowest BCUT2D eigenvalue weighted by molar-refractivity contribution is -0.123. The van der Waals surface area contributed by atoms with Gasteiger partial charge in [0.05, 0.1) is 6.04 Å². The van der Waals surface area contributed by atoms with Crippen molar-refractivity contribution in [2.24, 2.45) is 11.8 Å². The highest BCUT2D eigenvalue weighted by molar-refractivity contribution is 5.82. The number of rotatable bonds is 5. The minimum Gasteiger partial charge on any atom is -0.396 e. The minimum atomic E-state index is 0.0134. The maximum atomic E-state index is 12.1. The molecule has 4 heteroatoms. The Morgan fingerprint density at radius 2 is 2.22 bits per heavy atom. The molecule has 1 amide bonds. The van der Waals surface area contributed by atoms with Crippen LogP contribution in [0.1, 0.15) is 45.4 Å². The van der Waals surface area contributed by atoms with Crippen LogP contribution < -0.4 is 10.6 Å². The molecule has 2 aliphatic rings. The van der Waals surface area contributed by atoms with Gasteiger partial charge in [0.2, 0.25) is 5.91 Å². The minimum absolute atomic E-state index is 0.0134. The molecule has 4 atom stereocenters. The van der Waals surface area contributed by atoms with E-state index in [1.807, 2.05) is 0 Å². The first-order chi connectivity index (χ1) is 8.70. The molecule has 104 valence electrons. The highest BCUT2D eigenvalue weighted by Crippen LogP contribution is 2.33. The number of nitrogens with one attached hydrogen (secondary N) is 2. The summed E-state index contributed by atoms with van der Waals surface area (Å²) < 4.78 is 0. The quantitative estimate of drug-likeness (QED) is 0.687. The van der Waals surface area contributed by atoms with Crippen LogP contribution in [0.25, 0.3) is 0 Å². The molecule has 2 fully saturated rings. The smallest absolute Gasteiger partial charge is 0.237 e. The van der Waals surface area contributed by atoms with Gasteiger partial charge in [0.1, 0.15) is 0 Å². The lowest BCUT2D eigenvalue weighted by atomic mass is 9.85. The van der Waals surface area contributed by atoms with Gasteiger partial charge in [-0.2, -0.15) is 0 Å². The van der Waals surface area contributed by atoms with Crippen LogP contribution in [-0.4, -0.2) is 36.2 Å². The first-order valence-corrected chi connectivity index (χ1v) is 7.35. The normalized spacial score (nSPS) is 32.9. The van der Waals surface area contributed by atoms with Crippen molar-refractivity contribution in [3.8, 4) is 0 Å². The van der Waals surface area contributed by atoms with E-state index in [1.165, 1.54) is 25.7 Å². The number of hydrogen-bond acceptors (Lipinski definition) is 3. The summed E-state index contributed by atoms with van der Waals surface area (Å²) in [5, 5.41) is 15.3. The van der Waals surface area contributed by atoms with Gasteiger partial charge in [-0.1, -0.05) is 19.8 Å². The number of carbonyl (C=O) groups excluding carboxylic acids is 1. The average Bonchev–Trinajstić information content (AvgIpc) is 2.80. The summed E-state index contributed by atoms with van der Waals surface area (Å²) >= 11 is 0. The van der Waals surface area contributed by atoms with E-state index in [0.29, 0.717) is 24.4 Å². The van der Waals surface area contributed by atoms with Crippen LogP contribution in [0.4, 0.5) is 0 Å². The number of aliphatic hydroxyl groups excluding tert-OH is 1. The molecule has 1 saturated carbocycles. The maximum absolute atomic E-state index is 12.1. The summed E-state index contributed by atoms with van der Waals surface area (Å²) in [6.07, 6.45) is 6.90. The molecule has 2 rings (SSSR count). The molecule has 1 saturated heterocycles. The van der Waals surface area contributed by atoms with Gasteiger partial charge in [-0.3, -0.25) is 4.79 Å². The Bertz CT molecular complexity index is 269. The molecule has 0 aromatic rings. The summed E-state index contributed by atoms with van der Waals surface area (Å²) in [5.41, 5.74) is 0. The second kappa shape index (κ2) is 6.53.